The van der Waals surface area contributed by atoms with Gasteiger partial charge in [0.2, 0.25) is 5.82 Å². The highest BCUT2D eigenvalue weighted by Gasteiger charge is 2.28. The summed E-state index contributed by atoms with van der Waals surface area (Å²) in [6.07, 6.45) is -0.611. The molecule has 1 aromatic heterocycles. The molecule has 0 saturated heterocycles. The number of nitro groups is 2. The Bertz CT molecular complexity index is 559. The van der Waals surface area contributed by atoms with Gasteiger partial charge in [-0.05, 0) is 6.92 Å². The zero-order valence-electron chi connectivity index (χ0n) is 10.1. The van der Waals surface area contributed by atoms with E-state index in [0.717, 1.165) is 6.20 Å². The number of aliphatic hydroxyl groups is 1. The van der Waals surface area contributed by atoms with Crippen molar-refractivity contribution in [3.63, 3.8) is 0 Å². The first-order chi connectivity index (χ1) is 9.23. The highest BCUT2D eigenvalue weighted by molar-refractivity contribution is 5.79. The largest absolute Gasteiger partial charge is 0.480 e. The topological polar surface area (TPSA) is 169 Å². The first kappa shape index (κ1) is 15.2. The quantitative estimate of drug-likeness (QED) is 0.486. The predicted molar refractivity (Wildman–Crippen MR) is 64.3 cm³/mol. The fourth-order valence-electron chi connectivity index (χ4n) is 1.33. The summed E-state index contributed by atoms with van der Waals surface area (Å²) in [5.74, 6) is -1.93. The van der Waals surface area contributed by atoms with E-state index in [0.29, 0.717) is 6.07 Å². The SMILES string of the molecule is C[C@@H](O)[C@@H](Nc1ncc([N+](=O)[O-])cc1[N+](=O)[O-])C(=O)O. The maximum absolute atomic E-state index is 10.9. The van der Waals surface area contributed by atoms with Gasteiger partial charge in [0.15, 0.2) is 6.04 Å². The van der Waals surface area contributed by atoms with Crippen LogP contribution in [0.2, 0.25) is 0 Å². The minimum Gasteiger partial charge on any atom is -0.480 e. The molecular formula is C9H10N4O7. The summed E-state index contributed by atoms with van der Waals surface area (Å²) in [5.41, 5.74) is -1.36. The smallest absolute Gasteiger partial charge is 0.328 e. The van der Waals surface area contributed by atoms with E-state index < -0.39 is 45.2 Å². The van der Waals surface area contributed by atoms with E-state index in [1.54, 1.807) is 0 Å². The number of carbonyl (C=O) groups is 1. The van der Waals surface area contributed by atoms with Gasteiger partial charge in [-0.3, -0.25) is 20.2 Å². The van der Waals surface area contributed by atoms with Gasteiger partial charge < -0.3 is 15.5 Å². The molecular weight excluding hydrogens is 276 g/mol. The zero-order valence-corrected chi connectivity index (χ0v) is 10.1. The summed E-state index contributed by atoms with van der Waals surface area (Å²) in [6, 6.07) is -0.890. The molecule has 2 atom stereocenters. The number of aliphatic hydroxyl groups excluding tert-OH is 1. The van der Waals surface area contributed by atoms with Crippen molar-refractivity contribution in [2.45, 2.75) is 19.1 Å². The summed E-state index contributed by atoms with van der Waals surface area (Å²) in [6.45, 7) is 1.17. The Balaban J connectivity index is 3.20. The number of carboxylic acids is 1. The van der Waals surface area contributed by atoms with E-state index in [1.807, 2.05) is 0 Å². The van der Waals surface area contributed by atoms with Crippen molar-refractivity contribution in [1.29, 1.82) is 0 Å². The number of rotatable bonds is 6. The second kappa shape index (κ2) is 5.88. The fraction of sp³-hybridized carbons (Fsp3) is 0.333. The first-order valence-corrected chi connectivity index (χ1v) is 5.20. The molecule has 1 heterocycles. The van der Waals surface area contributed by atoms with E-state index in [1.165, 1.54) is 6.92 Å². The summed E-state index contributed by atoms with van der Waals surface area (Å²) in [4.78, 5) is 33.8. The van der Waals surface area contributed by atoms with E-state index in [2.05, 4.69) is 10.3 Å². The first-order valence-electron chi connectivity index (χ1n) is 5.20. The van der Waals surface area contributed by atoms with Gasteiger partial charge in [0.05, 0.1) is 22.0 Å². The Morgan fingerprint density at radius 2 is 2.00 bits per heavy atom. The van der Waals surface area contributed by atoms with Crippen LogP contribution in [0.25, 0.3) is 0 Å². The van der Waals surface area contributed by atoms with Crippen molar-refractivity contribution in [3.8, 4) is 0 Å². The third-order valence-electron chi connectivity index (χ3n) is 2.30. The third-order valence-corrected chi connectivity index (χ3v) is 2.30. The third kappa shape index (κ3) is 3.35. The molecule has 108 valence electrons. The van der Waals surface area contributed by atoms with Crippen LogP contribution in [0.1, 0.15) is 6.92 Å². The molecule has 11 heteroatoms. The number of nitrogens with zero attached hydrogens (tertiary/aromatic N) is 3. The lowest BCUT2D eigenvalue weighted by atomic mass is 10.2. The molecule has 0 radical (unpaired) electrons. The number of pyridine rings is 1. The minimum atomic E-state index is -1.54. The Kier molecular flexibility index (Phi) is 4.48. The molecule has 3 N–H and O–H groups in total. The maximum atomic E-state index is 10.9. The van der Waals surface area contributed by atoms with E-state index in [-0.39, 0.29) is 0 Å². The molecule has 0 aromatic carbocycles. The van der Waals surface area contributed by atoms with E-state index >= 15 is 0 Å². The number of hydrogen-bond acceptors (Lipinski definition) is 8. The van der Waals surface area contributed by atoms with Crippen molar-refractivity contribution >= 4 is 23.2 Å². The Hall–Kier alpha value is -2.82. The van der Waals surface area contributed by atoms with Crippen LogP contribution in [0.15, 0.2) is 12.3 Å². The summed E-state index contributed by atoms with van der Waals surface area (Å²) < 4.78 is 0. The average molecular weight is 286 g/mol. The van der Waals surface area contributed by atoms with Crippen LogP contribution < -0.4 is 5.32 Å². The molecule has 0 aliphatic rings. The van der Waals surface area contributed by atoms with Crippen molar-refractivity contribution in [1.82, 2.24) is 4.98 Å². The molecule has 0 unspecified atom stereocenters. The van der Waals surface area contributed by atoms with Crippen LogP contribution in [0.5, 0.6) is 0 Å². The number of anilines is 1. The molecule has 0 aliphatic carbocycles. The molecule has 1 aromatic rings. The molecule has 0 spiro atoms. The summed E-state index contributed by atoms with van der Waals surface area (Å²) in [7, 11) is 0. The summed E-state index contributed by atoms with van der Waals surface area (Å²) in [5, 5.41) is 41.6. The second-order valence-electron chi connectivity index (χ2n) is 3.78. The molecule has 0 saturated carbocycles. The van der Waals surface area contributed by atoms with Gasteiger partial charge in [0, 0.05) is 0 Å². The second-order valence-corrected chi connectivity index (χ2v) is 3.78. The van der Waals surface area contributed by atoms with Gasteiger partial charge in [-0.15, -0.1) is 0 Å². The van der Waals surface area contributed by atoms with Crippen molar-refractivity contribution in [2.75, 3.05) is 5.32 Å². The van der Waals surface area contributed by atoms with Crippen LogP contribution in [0, 0.1) is 20.2 Å². The lowest BCUT2D eigenvalue weighted by Crippen LogP contribution is -2.39. The molecule has 11 nitrogen and oxygen atoms in total. The lowest BCUT2D eigenvalue weighted by molar-refractivity contribution is -0.394. The van der Waals surface area contributed by atoms with Gasteiger partial charge in [0.1, 0.15) is 6.20 Å². The maximum Gasteiger partial charge on any atom is 0.328 e. The van der Waals surface area contributed by atoms with Crippen LogP contribution in [0.3, 0.4) is 0 Å². The monoisotopic (exact) mass is 286 g/mol. The zero-order chi connectivity index (χ0) is 15.4. The van der Waals surface area contributed by atoms with Crippen LogP contribution in [-0.2, 0) is 4.79 Å². The van der Waals surface area contributed by atoms with Crippen molar-refractivity contribution in [2.24, 2.45) is 0 Å². The standard InChI is InChI=1S/C9H10N4O7/c1-4(14)7(9(15)16)11-8-6(13(19)20)2-5(3-10-8)12(17)18/h2-4,7,14H,1H3,(H,10,11)(H,15,16)/t4-,7-/m1/s1. The highest BCUT2D eigenvalue weighted by atomic mass is 16.6. The van der Waals surface area contributed by atoms with Crippen LogP contribution >= 0.6 is 0 Å². The molecule has 0 fully saturated rings. The molecule has 0 bridgehead atoms. The number of hydrogen-bond donors (Lipinski definition) is 3. The van der Waals surface area contributed by atoms with Gasteiger partial charge in [-0.2, -0.15) is 0 Å². The van der Waals surface area contributed by atoms with Gasteiger partial charge in [0.25, 0.3) is 5.69 Å². The number of aromatic nitrogens is 1. The Morgan fingerprint density at radius 3 is 2.40 bits per heavy atom. The fourth-order valence-corrected chi connectivity index (χ4v) is 1.33. The van der Waals surface area contributed by atoms with Crippen molar-refractivity contribution in [3.05, 3.63) is 32.5 Å². The summed E-state index contributed by atoms with van der Waals surface area (Å²) >= 11 is 0. The molecule has 1 rings (SSSR count). The molecule has 0 amide bonds. The van der Waals surface area contributed by atoms with Crippen molar-refractivity contribution < 1.29 is 24.9 Å². The minimum absolute atomic E-state index is 0.478. The molecule has 20 heavy (non-hydrogen) atoms. The number of aliphatic carboxylic acids is 1. The van der Waals surface area contributed by atoms with E-state index in [9.17, 15) is 30.1 Å². The molecule has 0 aliphatic heterocycles. The highest BCUT2D eigenvalue weighted by Crippen LogP contribution is 2.27. The van der Waals surface area contributed by atoms with Gasteiger partial charge in [-0.25, -0.2) is 9.78 Å². The predicted octanol–water partition coefficient (Wildman–Crippen LogP) is 0.144. The van der Waals surface area contributed by atoms with Gasteiger partial charge in [-0.1, -0.05) is 0 Å². The number of nitrogens with one attached hydrogen (secondary N) is 1. The number of carboxylic acid groups (broad SMARTS) is 1. The van der Waals surface area contributed by atoms with Crippen LogP contribution in [-0.4, -0.2) is 43.2 Å². The van der Waals surface area contributed by atoms with Gasteiger partial charge >= 0.3 is 11.7 Å². The Labute approximate surface area is 111 Å². The lowest BCUT2D eigenvalue weighted by Gasteiger charge is -2.17. The van der Waals surface area contributed by atoms with E-state index in [4.69, 9.17) is 5.11 Å². The van der Waals surface area contributed by atoms with Crippen LogP contribution in [0.4, 0.5) is 17.2 Å². The normalized spacial score (nSPS) is 13.3. The average Bonchev–Trinajstić information content (AvgIpc) is 2.34. The Morgan fingerprint density at radius 1 is 1.40 bits per heavy atom.